The number of rotatable bonds is 2. The zero-order valence-corrected chi connectivity index (χ0v) is 12.8. The molecule has 98 valence electrons. The smallest absolute Gasteiger partial charge is 0.0648 e. The molecule has 1 nitrogen and oxygen atoms in total. The molecule has 1 atom stereocenters. The average Bonchev–Trinajstić information content (AvgIpc) is 2.42. The van der Waals surface area contributed by atoms with Crippen molar-refractivity contribution in [2.24, 2.45) is 0 Å². The zero-order chi connectivity index (χ0) is 13.2. The summed E-state index contributed by atoms with van der Waals surface area (Å²) in [6.45, 7) is 0. The lowest BCUT2D eigenvalue weighted by Crippen LogP contribution is -2.17. The molecule has 0 radical (unpaired) electrons. The Morgan fingerprint density at radius 1 is 1.16 bits per heavy atom. The van der Waals surface area contributed by atoms with Gasteiger partial charge in [0.1, 0.15) is 0 Å². The van der Waals surface area contributed by atoms with Gasteiger partial charge < -0.3 is 5.32 Å². The van der Waals surface area contributed by atoms with Crippen LogP contribution in [0.2, 0.25) is 5.02 Å². The zero-order valence-electron chi connectivity index (χ0n) is 10.5. The minimum atomic E-state index is 0.364. The summed E-state index contributed by atoms with van der Waals surface area (Å²) in [7, 11) is 0. The Kier molecular flexibility index (Phi) is 3.81. The van der Waals surface area contributed by atoms with Gasteiger partial charge in [-0.2, -0.15) is 0 Å². The first-order chi connectivity index (χ1) is 9.24. The third kappa shape index (κ3) is 2.80. The number of nitrogens with one attached hydrogen (secondary N) is 1. The lowest BCUT2D eigenvalue weighted by Gasteiger charge is -2.27. The summed E-state index contributed by atoms with van der Waals surface area (Å²) in [5, 5.41) is 4.34. The van der Waals surface area contributed by atoms with Crippen molar-refractivity contribution in [3.63, 3.8) is 0 Å². The van der Waals surface area contributed by atoms with E-state index in [9.17, 15) is 0 Å². The molecule has 0 aliphatic heterocycles. The number of benzene rings is 2. The minimum absolute atomic E-state index is 0.364. The third-order valence-electron chi connectivity index (χ3n) is 3.63. The number of halogens is 2. The fraction of sp³-hybridized carbons (Fsp3) is 0.250. The number of anilines is 1. The van der Waals surface area contributed by atoms with Gasteiger partial charge in [0.25, 0.3) is 0 Å². The predicted octanol–water partition coefficient (Wildman–Crippen LogP) is 5.59. The van der Waals surface area contributed by atoms with Gasteiger partial charge in [0.2, 0.25) is 0 Å². The SMILES string of the molecule is Clc1cc(Br)ccc1NC1CCCc2ccccc21. The molecule has 0 heterocycles. The molecule has 0 spiro atoms. The third-order valence-corrected chi connectivity index (χ3v) is 4.44. The fourth-order valence-corrected chi connectivity index (χ4v) is 3.43. The van der Waals surface area contributed by atoms with E-state index >= 15 is 0 Å². The second kappa shape index (κ2) is 5.56. The van der Waals surface area contributed by atoms with Crippen LogP contribution in [-0.4, -0.2) is 0 Å². The van der Waals surface area contributed by atoms with Crippen LogP contribution in [0.4, 0.5) is 5.69 Å². The first kappa shape index (κ1) is 13.0. The van der Waals surface area contributed by atoms with E-state index in [1.165, 1.54) is 24.0 Å². The van der Waals surface area contributed by atoms with Crippen LogP contribution in [0, 0.1) is 0 Å². The molecule has 1 aliphatic carbocycles. The van der Waals surface area contributed by atoms with Gasteiger partial charge in [-0.15, -0.1) is 0 Å². The van der Waals surface area contributed by atoms with Gasteiger partial charge >= 0.3 is 0 Å². The molecule has 1 aliphatic rings. The highest BCUT2D eigenvalue weighted by molar-refractivity contribution is 9.10. The monoisotopic (exact) mass is 335 g/mol. The van der Waals surface area contributed by atoms with Gasteiger partial charge in [-0.3, -0.25) is 0 Å². The maximum absolute atomic E-state index is 6.28. The van der Waals surface area contributed by atoms with Gasteiger partial charge in [0, 0.05) is 4.47 Å². The van der Waals surface area contributed by atoms with E-state index in [0.717, 1.165) is 21.6 Å². The van der Waals surface area contributed by atoms with E-state index in [0.29, 0.717) is 6.04 Å². The molecule has 0 amide bonds. The molecule has 2 aromatic rings. The number of aryl methyl sites for hydroxylation is 1. The summed E-state index contributed by atoms with van der Waals surface area (Å²) in [6.07, 6.45) is 3.56. The Labute approximate surface area is 127 Å². The molecule has 1 unspecified atom stereocenters. The van der Waals surface area contributed by atoms with Crippen molar-refractivity contribution in [3.8, 4) is 0 Å². The standard InChI is InChI=1S/C16H15BrClN/c17-12-8-9-16(14(18)10-12)19-15-7-3-5-11-4-1-2-6-13(11)15/h1-2,4,6,8-10,15,19H,3,5,7H2. The summed E-state index contributed by atoms with van der Waals surface area (Å²) in [4.78, 5) is 0. The van der Waals surface area contributed by atoms with Gasteiger partial charge in [-0.25, -0.2) is 0 Å². The highest BCUT2D eigenvalue weighted by Gasteiger charge is 2.20. The first-order valence-electron chi connectivity index (χ1n) is 6.53. The van der Waals surface area contributed by atoms with Crippen molar-refractivity contribution >= 4 is 33.2 Å². The summed E-state index contributed by atoms with van der Waals surface area (Å²) < 4.78 is 1.01. The second-order valence-corrected chi connectivity index (χ2v) is 6.24. The van der Waals surface area contributed by atoms with E-state index in [-0.39, 0.29) is 0 Å². The van der Waals surface area contributed by atoms with Crippen LogP contribution in [0.15, 0.2) is 46.9 Å². The van der Waals surface area contributed by atoms with Crippen LogP contribution < -0.4 is 5.32 Å². The topological polar surface area (TPSA) is 12.0 Å². The van der Waals surface area contributed by atoms with Crippen molar-refractivity contribution < 1.29 is 0 Å². The summed E-state index contributed by atoms with van der Waals surface area (Å²) in [5.41, 5.74) is 3.87. The van der Waals surface area contributed by atoms with Crippen LogP contribution >= 0.6 is 27.5 Å². The van der Waals surface area contributed by atoms with Crippen molar-refractivity contribution in [1.82, 2.24) is 0 Å². The number of fused-ring (bicyclic) bond motifs is 1. The highest BCUT2D eigenvalue weighted by Crippen LogP contribution is 2.35. The van der Waals surface area contributed by atoms with Gasteiger partial charge in [0.15, 0.2) is 0 Å². The maximum Gasteiger partial charge on any atom is 0.0648 e. The molecule has 3 rings (SSSR count). The van der Waals surface area contributed by atoms with Gasteiger partial charge in [-0.05, 0) is 48.6 Å². The molecule has 2 aromatic carbocycles. The molecule has 0 aromatic heterocycles. The van der Waals surface area contributed by atoms with E-state index in [4.69, 9.17) is 11.6 Å². The largest absolute Gasteiger partial charge is 0.377 e. The van der Waals surface area contributed by atoms with Crippen LogP contribution in [0.5, 0.6) is 0 Å². The lowest BCUT2D eigenvalue weighted by atomic mass is 9.87. The Balaban J connectivity index is 1.88. The maximum atomic E-state index is 6.28. The molecular weight excluding hydrogens is 322 g/mol. The van der Waals surface area contributed by atoms with Gasteiger partial charge in [-0.1, -0.05) is 51.8 Å². The van der Waals surface area contributed by atoms with E-state index < -0.39 is 0 Å². The van der Waals surface area contributed by atoms with Crippen molar-refractivity contribution in [1.29, 1.82) is 0 Å². The fourth-order valence-electron chi connectivity index (χ4n) is 2.70. The summed E-state index contributed by atoms with van der Waals surface area (Å²) in [6, 6.07) is 15.0. The normalized spacial score (nSPS) is 17.9. The molecular formula is C16H15BrClN. The second-order valence-electron chi connectivity index (χ2n) is 4.91. The van der Waals surface area contributed by atoms with Crippen molar-refractivity contribution in [2.75, 3.05) is 5.32 Å². The van der Waals surface area contributed by atoms with Crippen molar-refractivity contribution in [2.45, 2.75) is 25.3 Å². The van der Waals surface area contributed by atoms with Crippen LogP contribution in [0.1, 0.15) is 30.0 Å². The summed E-state index contributed by atoms with van der Waals surface area (Å²) >= 11 is 9.72. The predicted molar refractivity (Wildman–Crippen MR) is 84.9 cm³/mol. The Morgan fingerprint density at radius 3 is 2.84 bits per heavy atom. The highest BCUT2D eigenvalue weighted by atomic mass is 79.9. The Bertz CT molecular complexity index is 597. The van der Waals surface area contributed by atoms with Crippen LogP contribution in [-0.2, 0) is 6.42 Å². The van der Waals surface area contributed by atoms with E-state index in [2.05, 4.69) is 45.5 Å². The quantitative estimate of drug-likeness (QED) is 0.753. The van der Waals surface area contributed by atoms with Crippen LogP contribution in [0.25, 0.3) is 0 Å². The lowest BCUT2D eigenvalue weighted by molar-refractivity contribution is 0.600. The average molecular weight is 337 g/mol. The van der Waals surface area contributed by atoms with Gasteiger partial charge in [0.05, 0.1) is 16.8 Å². The molecule has 0 bridgehead atoms. The number of hydrogen-bond acceptors (Lipinski definition) is 1. The number of hydrogen-bond donors (Lipinski definition) is 1. The van der Waals surface area contributed by atoms with E-state index in [1.54, 1.807) is 0 Å². The van der Waals surface area contributed by atoms with Crippen LogP contribution in [0.3, 0.4) is 0 Å². The van der Waals surface area contributed by atoms with Crippen molar-refractivity contribution in [3.05, 3.63) is 63.1 Å². The Morgan fingerprint density at radius 2 is 2.00 bits per heavy atom. The molecule has 19 heavy (non-hydrogen) atoms. The summed E-state index contributed by atoms with van der Waals surface area (Å²) in [5.74, 6) is 0. The molecule has 0 saturated carbocycles. The molecule has 1 N–H and O–H groups in total. The minimum Gasteiger partial charge on any atom is -0.377 e. The first-order valence-corrected chi connectivity index (χ1v) is 7.70. The Hall–Kier alpha value is -0.990. The van der Waals surface area contributed by atoms with E-state index in [1.807, 2.05) is 18.2 Å². The molecule has 3 heteroatoms. The molecule has 0 saturated heterocycles. The molecule has 0 fully saturated rings.